The van der Waals surface area contributed by atoms with Crippen LogP contribution in [0, 0.1) is 0 Å². The fourth-order valence-electron chi connectivity index (χ4n) is 3.61. The predicted molar refractivity (Wildman–Crippen MR) is 92.5 cm³/mol. The molecule has 1 aliphatic carbocycles. The lowest BCUT2D eigenvalue weighted by Crippen LogP contribution is -2.27. The summed E-state index contributed by atoms with van der Waals surface area (Å²) in [5, 5.41) is 11.1. The Hall–Kier alpha value is -1.71. The van der Waals surface area contributed by atoms with Gasteiger partial charge in [-0.25, -0.2) is 0 Å². The number of phenolic OH excluding ortho intramolecular Hbond substituents is 1. The van der Waals surface area contributed by atoms with Crippen molar-refractivity contribution in [3.8, 4) is 11.5 Å². The van der Waals surface area contributed by atoms with Crippen LogP contribution in [-0.2, 0) is 5.31 Å². The van der Waals surface area contributed by atoms with E-state index in [1.54, 1.807) is 13.2 Å². The van der Waals surface area contributed by atoms with Crippen molar-refractivity contribution in [2.45, 2.75) is 50.3 Å². The molecule has 1 aliphatic rings. The largest absolute Gasteiger partial charge is 0.504 e. The molecule has 0 bridgehead atoms. The molecule has 1 aromatic carbocycles. The number of ether oxygens (including phenoxy) is 1. The first-order chi connectivity index (χ1) is 10.6. The molecule has 1 fully saturated rings. The number of methoxy groups -OCH3 is 1. The van der Waals surface area contributed by atoms with Gasteiger partial charge in [0.1, 0.15) is 7.85 Å². The molecular weight excluding hydrogens is 273 g/mol. The lowest BCUT2D eigenvalue weighted by Gasteiger charge is -2.32. The number of aromatic hydroxyl groups is 1. The van der Waals surface area contributed by atoms with Crippen LogP contribution in [0.25, 0.3) is 10.9 Å². The molecule has 0 saturated heterocycles. The van der Waals surface area contributed by atoms with E-state index in [9.17, 15) is 5.11 Å². The van der Waals surface area contributed by atoms with E-state index in [1.165, 1.54) is 50.5 Å². The smallest absolute Gasteiger partial charge is 0.161 e. The zero-order valence-corrected chi connectivity index (χ0v) is 13.6. The molecule has 116 valence electrons. The third-order valence-electron chi connectivity index (χ3n) is 5.14. The summed E-state index contributed by atoms with van der Waals surface area (Å²) in [6, 6.07) is 5.79. The summed E-state index contributed by atoms with van der Waals surface area (Å²) in [4.78, 5) is 4.58. The second-order valence-electron chi connectivity index (χ2n) is 6.77. The Morgan fingerprint density at radius 3 is 2.45 bits per heavy atom. The fourth-order valence-corrected chi connectivity index (χ4v) is 3.61. The molecule has 0 aliphatic heterocycles. The van der Waals surface area contributed by atoms with Crippen molar-refractivity contribution < 1.29 is 9.84 Å². The van der Waals surface area contributed by atoms with Gasteiger partial charge in [0, 0.05) is 17.6 Å². The van der Waals surface area contributed by atoms with Gasteiger partial charge in [0.05, 0.1) is 12.6 Å². The molecule has 22 heavy (non-hydrogen) atoms. The molecular formula is C18H24BNO2. The predicted octanol–water partition coefficient (Wildman–Crippen LogP) is 3.52. The summed E-state index contributed by atoms with van der Waals surface area (Å²) in [6.07, 6.45) is 11.1. The second kappa shape index (κ2) is 6.19. The van der Waals surface area contributed by atoms with Crippen molar-refractivity contribution in [3.63, 3.8) is 0 Å². The number of benzene rings is 1. The van der Waals surface area contributed by atoms with Crippen molar-refractivity contribution in [3.05, 3.63) is 30.0 Å². The highest BCUT2D eigenvalue weighted by atomic mass is 16.5. The Balaban J connectivity index is 2.00. The molecule has 0 amide bonds. The Morgan fingerprint density at radius 2 is 1.77 bits per heavy atom. The van der Waals surface area contributed by atoms with Crippen LogP contribution in [0.1, 0.15) is 50.5 Å². The number of rotatable bonds is 2. The van der Waals surface area contributed by atoms with E-state index in [0.29, 0.717) is 5.75 Å². The van der Waals surface area contributed by atoms with Crippen molar-refractivity contribution in [2.24, 2.45) is 0 Å². The highest BCUT2D eigenvalue weighted by Gasteiger charge is 2.27. The average molecular weight is 297 g/mol. The SMILES string of the molecule is BC1(c2cnc3cc(O)c(OC)cc3c2)CCCCCCC1. The number of nitrogens with zero attached hydrogens (tertiary/aromatic N) is 1. The van der Waals surface area contributed by atoms with E-state index in [2.05, 4.69) is 18.9 Å². The number of aromatic nitrogens is 1. The molecule has 3 nitrogen and oxygen atoms in total. The van der Waals surface area contributed by atoms with Gasteiger partial charge in [-0.3, -0.25) is 4.98 Å². The first kappa shape index (κ1) is 15.2. The lowest BCUT2D eigenvalue weighted by molar-refractivity contribution is 0.374. The van der Waals surface area contributed by atoms with Crippen LogP contribution >= 0.6 is 0 Å². The topological polar surface area (TPSA) is 42.4 Å². The average Bonchev–Trinajstić information content (AvgIpc) is 2.50. The number of fused-ring (bicyclic) bond motifs is 1. The monoisotopic (exact) mass is 297 g/mol. The molecule has 1 heterocycles. The quantitative estimate of drug-likeness (QED) is 0.862. The van der Waals surface area contributed by atoms with Crippen molar-refractivity contribution in [1.82, 2.24) is 4.98 Å². The van der Waals surface area contributed by atoms with Crippen LogP contribution in [-0.4, -0.2) is 25.0 Å². The number of phenols is 1. The van der Waals surface area contributed by atoms with Gasteiger partial charge in [-0.15, -0.1) is 0 Å². The standard InChI is InChI=1S/C18H24BNO2/c1-22-17-10-13-9-14(12-20-15(13)11-16(17)21)18(19)7-5-3-2-4-6-8-18/h9-12,21H,2-8,19H2,1H3. The van der Waals surface area contributed by atoms with Crippen molar-refractivity contribution >= 4 is 18.7 Å². The van der Waals surface area contributed by atoms with Gasteiger partial charge < -0.3 is 9.84 Å². The Morgan fingerprint density at radius 1 is 1.09 bits per heavy atom. The van der Waals surface area contributed by atoms with Gasteiger partial charge >= 0.3 is 0 Å². The van der Waals surface area contributed by atoms with Crippen LogP contribution < -0.4 is 4.74 Å². The molecule has 2 aromatic rings. The molecule has 3 rings (SSSR count). The zero-order valence-electron chi connectivity index (χ0n) is 13.6. The van der Waals surface area contributed by atoms with E-state index in [-0.39, 0.29) is 11.1 Å². The van der Waals surface area contributed by atoms with Crippen LogP contribution in [0.2, 0.25) is 0 Å². The summed E-state index contributed by atoms with van der Waals surface area (Å²) < 4.78 is 5.22. The van der Waals surface area contributed by atoms with Gasteiger partial charge in [-0.1, -0.05) is 44.9 Å². The Bertz CT molecular complexity index is 663. The third-order valence-corrected chi connectivity index (χ3v) is 5.14. The number of hydrogen-bond acceptors (Lipinski definition) is 3. The van der Waals surface area contributed by atoms with E-state index >= 15 is 0 Å². The highest BCUT2D eigenvalue weighted by molar-refractivity contribution is 6.16. The van der Waals surface area contributed by atoms with E-state index in [0.717, 1.165) is 10.9 Å². The zero-order chi connectivity index (χ0) is 15.6. The van der Waals surface area contributed by atoms with Gasteiger partial charge in [0.15, 0.2) is 11.5 Å². The maximum absolute atomic E-state index is 9.88. The summed E-state index contributed by atoms with van der Waals surface area (Å²) in [6.45, 7) is 0. The molecule has 4 heteroatoms. The van der Waals surface area contributed by atoms with Gasteiger partial charge in [0.25, 0.3) is 0 Å². The van der Waals surface area contributed by atoms with Crippen LogP contribution in [0.15, 0.2) is 24.4 Å². The van der Waals surface area contributed by atoms with Gasteiger partial charge in [0.2, 0.25) is 0 Å². The minimum Gasteiger partial charge on any atom is -0.504 e. The molecule has 0 radical (unpaired) electrons. The Labute approximate surface area is 133 Å². The van der Waals surface area contributed by atoms with E-state index < -0.39 is 0 Å². The van der Waals surface area contributed by atoms with Crippen molar-refractivity contribution in [2.75, 3.05) is 7.11 Å². The number of pyridine rings is 1. The third kappa shape index (κ3) is 2.92. The van der Waals surface area contributed by atoms with Crippen LogP contribution in [0.4, 0.5) is 0 Å². The summed E-state index contributed by atoms with van der Waals surface area (Å²) in [5.74, 6) is 0.654. The summed E-state index contributed by atoms with van der Waals surface area (Å²) in [5.41, 5.74) is 2.13. The maximum Gasteiger partial charge on any atom is 0.161 e. The minimum absolute atomic E-state index is 0.146. The first-order valence-electron chi connectivity index (χ1n) is 8.30. The molecule has 1 N–H and O–H groups in total. The fraction of sp³-hybridized carbons (Fsp3) is 0.500. The molecule has 0 atom stereocenters. The summed E-state index contributed by atoms with van der Waals surface area (Å²) >= 11 is 0. The first-order valence-corrected chi connectivity index (χ1v) is 8.30. The van der Waals surface area contributed by atoms with Gasteiger partial charge in [-0.2, -0.15) is 0 Å². The molecule has 0 unspecified atom stereocenters. The van der Waals surface area contributed by atoms with Crippen LogP contribution in [0.3, 0.4) is 0 Å². The van der Waals surface area contributed by atoms with E-state index in [4.69, 9.17) is 4.74 Å². The minimum atomic E-state index is 0.146. The highest BCUT2D eigenvalue weighted by Crippen LogP contribution is 2.37. The number of hydrogen-bond donors (Lipinski definition) is 1. The van der Waals surface area contributed by atoms with E-state index in [1.807, 2.05) is 12.3 Å². The van der Waals surface area contributed by atoms with Crippen molar-refractivity contribution in [1.29, 1.82) is 0 Å². The Kier molecular flexibility index (Phi) is 4.28. The van der Waals surface area contributed by atoms with Crippen LogP contribution in [0.5, 0.6) is 11.5 Å². The lowest BCUT2D eigenvalue weighted by atomic mass is 9.58. The molecule has 1 saturated carbocycles. The van der Waals surface area contributed by atoms with Gasteiger partial charge in [-0.05, 0) is 23.0 Å². The summed E-state index contributed by atoms with van der Waals surface area (Å²) in [7, 11) is 3.95. The molecule has 0 spiro atoms. The normalized spacial score (nSPS) is 18.6. The second-order valence-corrected chi connectivity index (χ2v) is 6.77. The molecule has 1 aromatic heterocycles. The maximum atomic E-state index is 9.88.